The Morgan fingerprint density at radius 1 is 0.451 bits per heavy atom. The lowest BCUT2D eigenvalue weighted by Crippen LogP contribution is -2.41. The summed E-state index contributed by atoms with van der Waals surface area (Å²) in [6.07, 6.45) is 0. The summed E-state index contributed by atoms with van der Waals surface area (Å²) in [6.45, 7) is 34.2. The Morgan fingerprint density at radius 2 is 0.863 bits per heavy atom. The number of fused-ring (bicyclic) bond motifs is 3. The Hall–Kier alpha value is -3.28. The van der Waals surface area contributed by atoms with Gasteiger partial charge in [-0.3, -0.25) is 19.6 Å². The van der Waals surface area contributed by atoms with Gasteiger partial charge in [-0.25, -0.2) is 0 Å². The third-order valence-corrected chi connectivity index (χ3v) is 12.1. The van der Waals surface area contributed by atoms with Gasteiger partial charge < -0.3 is 0 Å². The van der Waals surface area contributed by atoms with Crippen LogP contribution in [0.1, 0.15) is 114 Å². The monoisotopic (exact) mass is 687 g/mol. The maximum absolute atomic E-state index is 2.59. The molecule has 4 aromatic carbocycles. The van der Waals surface area contributed by atoms with Crippen molar-refractivity contribution >= 4 is 0 Å². The first-order chi connectivity index (χ1) is 24.6. The zero-order chi connectivity index (χ0) is 36.8. The Bertz CT molecular complexity index is 1660. The summed E-state index contributed by atoms with van der Waals surface area (Å²) < 4.78 is 0. The van der Waals surface area contributed by atoms with Gasteiger partial charge in [-0.05, 0) is 122 Å². The summed E-state index contributed by atoms with van der Waals surface area (Å²) in [6, 6.07) is 34.0. The SMILES string of the molecule is CCN(CC)Cc1cccc(C2(c3cccc(CN(CC)CC)c3)c3cc(CN(CC)CC)ccc3-c3ccc(C(C)(C)N(CC)CC)cc32)c1. The van der Waals surface area contributed by atoms with Crippen molar-refractivity contribution < 1.29 is 0 Å². The second kappa shape index (κ2) is 17.0. The summed E-state index contributed by atoms with van der Waals surface area (Å²) in [4.78, 5) is 10.2. The molecular formula is C47H66N4. The van der Waals surface area contributed by atoms with Crippen molar-refractivity contribution in [1.29, 1.82) is 0 Å². The van der Waals surface area contributed by atoms with E-state index < -0.39 is 5.41 Å². The molecule has 51 heavy (non-hydrogen) atoms. The highest BCUT2D eigenvalue weighted by atomic mass is 15.2. The van der Waals surface area contributed by atoms with Crippen LogP contribution in [0.4, 0.5) is 0 Å². The molecule has 0 aromatic heterocycles. The molecular weight excluding hydrogens is 621 g/mol. The largest absolute Gasteiger partial charge is 0.300 e. The van der Waals surface area contributed by atoms with E-state index in [2.05, 4.69) is 174 Å². The zero-order valence-electron chi connectivity index (χ0n) is 33.6. The van der Waals surface area contributed by atoms with Gasteiger partial charge in [0.1, 0.15) is 0 Å². The summed E-state index contributed by atoms with van der Waals surface area (Å²) in [5, 5.41) is 0. The Labute approximate surface area is 311 Å². The molecule has 0 N–H and O–H groups in total. The molecule has 4 aromatic rings. The summed E-state index contributed by atoms with van der Waals surface area (Å²) in [5.41, 5.74) is 13.2. The van der Waals surface area contributed by atoms with Gasteiger partial charge in [-0.1, -0.05) is 140 Å². The van der Waals surface area contributed by atoms with E-state index in [0.717, 1.165) is 72.0 Å². The highest BCUT2D eigenvalue weighted by molar-refractivity contribution is 5.87. The van der Waals surface area contributed by atoms with Crippen molar-refractivity contribution in [3.05, 3.63) is 129 Å². The van der Waals surface area contributed by atoms with Crippen LogP contribution in [0.5, 0.6) is 0 Å². The van der Waals surface area contributed by atoms with Crippen LogP contribution in [0.2, 0.25) is 0 Å². The van der Waals surface area contributed by atoms with Crippen LogP contribution in [-0.4, -0.2) is 72.0 Å². The molecule has 0 radical (unpaired) electrons. The maximum Gasteiger partial charge on any atom is 0.0713 e. The number of hydrogen-bond acceptors (Lipinski definition) is 4. The number of benzene rings is 4. The average molecular weight is 687 g/mol. The number of hydrogen-bond donors (Lipinski definition) is 0. The van der Waals surface area contributed by atoms with E-state index in [1.54, 1.807) is 0 Å². The normalized spacial score (nSPS) is 13.8. The minimum Gasteiger partial charge on any atom is -0.300 e. The molecule has 4 heteroatoms. The summed E-state index contributed by atoms with van der Waals surface area (Å²) in [5.74, 6) is 0. The molecule has 0 heterocycles. The molecule has 1 aliphatic carbocycles. The molecule has 0 spiro atoms. The van der Waals surface area contributed by atoms with Crippen molar-refractivity contribution in [3.63, 3.8) is 0 Å². The topological polar surface area (TPSA) is 13.0 Å². The van der Waals surface area contributed by atoms with E-state index in [4.69, 9.17) is 0 Å². The smallest absolute Gasteiger partial charge is 0.0713 e. The molecule has 0 atom stereocenters. The molecule has 0 saturated carbocycles. The quantitative estimate of drug-likeness (QED) is 0.0910. The molecule has 0 amide bonds. The van der Waals surface area contributed by atoms with E-state index in [9.17, 15) is 0 Å². The first-order valence-corrected chi connectivity index (χ1v) is 20.0. The van der Waals surface area contributed by atoms with Gasteiger partial charge in [0, 0.05) is 25.2 Å². The Kier molecular flexibility index (Phi) is 13.0. The third kappa shape index (κ3) is 7.62. The predicted octanol–water partition coefficient (Wildman–Crippen LogP) is 10.2. The van der Waals surface area contributed by atoms with Gasteiger partial charge in [0.25, 0.3) is 0 Å². The van der Waals surface area contributed by atoms with Crippen LogP contribution >= 0.6 is 0 Å². The van der Waals surface area contributed by atoms with Gasteiger partial charge in [0.15, 0.2) is 0 Å². The van der Waals surface area contributed by atoms with Gasteiger partial charge in [0.2, 0.25) is 0 Å². The second-order valence-corrected chi connectivity index (χ2v) is 14.9. The lowest BCUT2D eigenvalue weighted by atomic mass is 9.66. The van der Waals surface area contributed by atoms with Crippen LogP contribution in [0.15, 0.2) is 84.9 Å². The van der Waals surface area contributed by atoms with E-state index in [1.807, 2.05) is 0 Å². The molecule has 0 fully saturated rings. The van der Waals surface area contributed by atoms with E-state index in [1.165, 1.54) is 55.6 Å². The fraction of sp³-hybridized carbons (Fsp3) is 0.489. The molecule has 0 unspecified atom stereocenters. The predicted molar refractivity (Wildman–Crippen MR) is 220 cm³/mol. The fourth-order valence-corrected chi connectivity index (χ4v) is 8.76. The van der Waals surface area contributed by atoms with Crippen LogP contribution in [0.3, 0.4) is 0 Å². The highest BCUT2D eigenvalue weighted by Crippen LogP contribution is 2.57. The minimum absolute atomic E-state index is 0.109. The zero-order valence-corrected chi connectivity index (χ0v) is 33.6. The van der Waals surface area contributed by atoms with Crippen molar-refractivity contribution in [3.8, 4) is 11.1 Å². The van der Waals surface area contributed by atoms with Crippen LogP contribution in [0, 0.1) is 0 Å². The number of nitrogens with zero attached hydrogens (tertiary/aromatic N) is 4. The highest BCUT2D eigenvalue weighted by Gasteiger charge is 2.47. The van der Waals surface area contributed by atoms with Crippen molar-refractivity contribution in [2.75, 3.05) is 52.4 Å². The van der Waals surface area contributed by atoms with Crippen LogP contribution < -0.4 is 0 Å². The molecule has 0 aliphatic heterocycles. The lowest BCUT2D eigenvalue weighted by Gasteiger charge is -2.39. The summed E-state index contributed by atoms with van der Waals surface area (Å²) >= 11 is 0. The molecule has 5 rings (SSSR count). The average Bonchev–Trinajstić information content (AvgIpc) is 3.45. The minimum atomic E-state index is -0.460. The summed E-state index contributed by atoms with van der Waals surface area (Å²) in [7, 11) is 0. The van der Waals surface area contributed by atoms with Crippen LogP contribution in [0.25, 0.3) is 11.1 Å². The molecule has 0 bridgehead atoms. The molecule has 0 saturated heterocycles. The van der Waals surface area contributed by atoms with Crippen molar-refractivity contribution in [1.82, 2.24) is 19.6 Å². The fourth-order valence-electron chi connectivity index (χ4n) is 8.76. The first kappa shape index (κ1) is 38.9. The van der Waals surface area contributed by atoms with Crippen molar-refractivity contribution in [2.24, 2.45) is 0 Å². The molecule has 1 aliphatic rings. The van der Waals surface area contributed by atoms with E-state index in [-0.39, 0.29) is 5.54 Å². The van der Waals surface area contributed by atoms with Gasteiger partial charge in [-0.15, -0.1) is 0 Å². The standard InChI is InChI=1S/C47H66N4/c1-11-48(12-2)33-36-21-19-23-40(29-36)47(41-24-20-22-37(30-41)34-49(13-3)14-4)44-31-38(35-50(15-5)16-6)25-27-42(44)43-28-26-39(32-45(43)47)46(9,10)51(17-7)18-8/h19-32H,11-18,33-35H2,1-10H3. The van der Waals surface area contributed by atoms with Gasteiger partial charge >= 0.3 is 0 Å². The van der Waals surface area contributed by atoms with Gasteiger partial charge in [0.05, 0.1) is 5.41 Å². The Balaban J connectivity index is 1.88. The Morgan fingerprint density at radius 3 is 1.29 bits per heavy atom. The molecule has 274 valence electrons. The maximum atomic E-state index is 2.59. The second-order valence-electron chi connectivity index (χ2n) is 14.9. The van der Waals surface area contributed by atoms with E-state index >= 15 is 0 Å². The van der Waals surface area contributed by atoms with Crippen LogP contribution in [-0.2, 0) is 30.6 Å². The first-order valence-electron chi connectivity index (χ1n) is 20.0. The number of rotatable bonds is 18. The van der Waals surface area contributed by atoms with E-state index in [0.29, 0.717) is 0 Å². The molecule has 4 nitrogen and oxygen atoms in total. The van der Waals surface area contributed by atoms with Crippen molar-refractivity contribution in [2.45, 2.75) is 99.8 Å². The van der Waals surface area contributed by atoms with Gasteiger partial charge in [-0.2, -0.15) is 0 Å². The third-order valence-electron chi connectivity index (χ3n) is 12.1. The lowest BCUT2D eigenvalue weighted by molar-refractivity contribution is 0.135.